The zero-order valence-electron chi connectivity index (χ0n) is 12.3. The summed E-state index contributed by atoms with van der Waals surface area (Å²) in [6.45, 7) is 2.09. The zero-order valence-corrected chi connectivity index (χ0v) is 12.3. The minimum atomic E-state index is -0.0183. The fraction of sp³-hybridized carbons (Fsp3) is 0.857. The molecule has 2 amide bonds. The molecule has 0 aliphatic carbocycles. The summed E-state index contributed by atoms with van der Waals surface area (Å²) in [5, 5.41) is 14.2. The molecule has 0 aromatic heterocycles. The molecule has 0 radical (unpaired) electrons. The number of nitrogens with two attached hydrogens (primary N) is 1. The molecule has 0 fully saturated rings. The number of amides is 2. The number of unbranched alkanes of at least 4 members (excludes halogenated alkanes) is 3. The Morgan fingerprint density at radius 1 is 0.800 bits per heavy atom. The Balaban J connectivity index is 3.33. The molecule has 6 heteroatoms. The average molecular weight is 287 g/mol. The Bertz CT molecular complexity index is 260. The van der Waals surface area contributed by atoms with Crippen molar-refractivity contribution < 1.29 is 14.7 Å². The van der Waals surface area contributed by atoms with Crippen LogP contribution in [0.3, 0.4) is 0 Å². The second-order valence-electron chi connectivity index (χ2n) is 4.83. The lowest BCUT2D eigenvalue weighted by Gasteiger charge is -2.06. The fourth-order valence-corrected chi connectivity index (χ4v) is 1.73. The summed E-state index contributed by atoms with van der Waals surface area (Å²) in [4.78, 5) is 22.8. The molecule has 0 atom stereocenters. The lowest BCUT2D eigenvalue weighted by molar-refractivity contribution is -0.122. The van der Waals surface area contributed by atoms with Crippen molar-refractivity contribution in [2.24, 2.45) is 5.73 Å². The van der Waals surface area contributed by atoms with Crippen molar-refractivity contribution in [3.8, 4) is 0 Å². The van der Waals surface area contributed by atoms with Gasteiger partial charge in [0.15, 0.2) is 0 Å². The van der Waals surface area contributed by atoms with Gasteiger partial charge < -0.3 is 21.5 Å². The monoisotopic (exact) mass is 287 g/mol. The highest BCUT2D eigenvalue weighted by Crippen LogP contribution is 1.99. The van der Waals surface area contributed by atoms with Crippen molar-refractivity contribution in [1.82, 2.24) is 10.6 Å². The van der Waals surface area contributed by atoms with E-state index in [9.17, 15) is 9.59 Å². The molecular weight excluding hydrogens is 258 g/mol. The van der Waals surface area contributed by atoms with Crippen molar-refractivity contribution in [3.05, 3.63) is 0 Å². The summed E-state index contributed by atoms with van der Waals surface area (Å²) in [6, 6.07) is 0. The van der Waals surface area contributed by atoms with Gasteiger partial charge >= 0.3 is 0 Å². The third-order valence-corrected chi connectivity index (χ3v) is 2.92. The van der Waals surface area contributed by atoms with E-state index in [4.69, 9.17) is 10.8 Å². The normalized spacial score (nSPS) is 10.3. The van der Waals surface area contributed by atoms with Crippen molar-refractivity contribution in [2.75, 3.05) is 26.2 Å². The van der Waals surface area contributed by atoms with Gasteiger partial charge in [-0.1, -0.05) is 12.8 Å². The summed E-state index contributed by atoms with van der Waals surface area (Å²) >= 11 is 0. The standard InChI is InChI=1S/C14H29N3O3/c15-9-6-11-17-14(20)8-5-7-13(19)16-10-3-1-2-4-12-18/h18H,1-12,15H2,(H,16,19)(H,17,20). The summed E-state index contributed by atoms with van der Waals surface area (Å²) in [6.07, 6.45) is 5.90. The van der Waals surface area contributed by atoms with Gasteiger partial charge in [-0.15, -0.1) is 0 Å². The smallest absolute Gasteiger partial charge is 0.220 e. The molecule has 0 spiro atoms. The van der Waals surface area contributed by atoms with Crippen LogP contribution in [-0.4, -0.2) is 43.2 Å². The molecule has 118 valence electrons. The maximum absolute atomic E-state index is 11.5. The van der Waals surface area contributed by atoms with E-state index in [0.29, 0.717) is 38.9 Å². The lowest BCUT2D eigenvalue weighted by atomic mass is 10.2. The molecule has 0 aromatic rings. The lowest BCUT2D eigenvalue weighted by Crippen LogP contribution is -2.27. The maximum Gasteiger partial charge on any atom is 0.220 e. The SMILES string of the molecule is NCCCNC(=O)CCCC(=O)NCCCCCCO. The van der Waals surface area contributed by atoms with E-state index in [0.717, 1.165) is 32.1 Å². The van der Waals surface area contributed by atoms with Crippen molar-refractivity contribution in [3.63, 3.8) is 0 Å². The zero-order chi connectivity index (χ0) is 15.1. The van der Waals surface area contributed by atoms with Crippen molar-refractivity contribution in [2.45, 2.75) is 51.4 Å². The van der Waals surface area contributed by atoms with E-state index in [1.165, 1.54) is 0 Å². The summed E-state index contributed by atoms with van der Waals surface area (Å²) in [7, 11) is 0. The number of hydrogen-bond acceptors (Lipinski definition) is 4. The van der Waals surface area contributed by atoms with Gasteiger partial charge in [-0.05, 0) is 32.2 Å². The van der Waals surface area contributed by atoms with E-state index in [-0.39, 0.29) is 18.4 Å². The van der Waals surface area contributed by atoms with Gasteiger partial charge in [-0.2, -0.15) is 0 Å². The highest BCUT2D eigenvalue weighted by atomic mass is 16.3. The van der Waals surface area contributed by atoms with Gasteiger partial charge in [0.2, 0.25) is 11.8 Å². The van der Waals surface area contributed by atoms with E-state index in [2.05, 4.69) is 10.6 Å². The number of nitrogens with one attached hydrogen (secondary N) is 2. The van der Waals surface area contributed by atoms with E-state index >= 15 is 0 Å². The summed E-state index contributed by atoms with van der Waals surface area (Å²) in [5.41, 5.74) is 5.32. The third-order valence-electron chi connectivity index (χ3n) is 2.92. The van der Waals surface area contributed by atoms with Crippen LogP contribution in [0, 0.1) is 0 Å². The van der Waals surface area contributed by atoms with Gasteiger partial charge in [0.05, 0.1) is 0 Å². The van der Waals surface area contributed by atoms with E-state index < -0.39 is 0 Å². The minimum Gasteiger partial charge on any atom is -0.396 e. The topological polar surface area (TPSA) is 104 Å². The van der Waals surface area contributed by atoms with E-state index in [1.807, 2.05) is 0 Å². The molecular formula is C14H29N3O3. The largest absolute Gasteiger partial charge is 0.396 e. The Morgan fingerprint density at radius 3 is 1.90 bits per heavy atom. The van der Waals surface area contributed by atoms with Gasteiger partial charge in [-0.3, -0.25) is 9.59 Å². The molecule has 6 nitrogen and oxygen atoms in total. The maximum atomic E-state index is 11.5. The second-order valence-corrected chi connectivity index (χ2v) is 4.83. The highest BCUT2D eigenvalue weighted by molar-refractivity contribution is 5.78. The predicted octanol–water partition coefficient (Wildman–Crippen LogP) is 0.291. The molecule has 0 saturated carbocycles. The minimum absolute atomic E-state index is 0.00177. The first-order valence-corrected chi connectivity index (χ1v) is 7.55. The number of carbonyl (C=O) groups excluding carboxylic acids is 2. The average Bonchev–Trinajstić information content (AvgIpc) is 2.43. The quantitative estimate of drug-likeness (QED) is 0.365. The highest BCUT2D eigenvalue weighted by Gasteiger charge is 2.04. The Labute approximate surface area is 121 Å². The van der Waals surface area contributed by atoms with Crippen LogP contribution < -0.4 is 16.4 Å². The molecule has 0 saturated heterocycles. The molecule has 0 bridgehead atoms. The molecule has 0 aromatic carbocycles. The number of rotatable bonds is 13. The molecule has 0 rings (SSSR count). The number of aliphatic hydroxyl groups excluding tert-OH is 1. The van der Waals surface area contributed by atoms with Gasteiger partial charge in [0, 0.05) is 32.5 Å². The van der Waals surface area contributed by atoms with Crippen LogP contribution in [0.25, 0.3) is 0 Å². The molecule has 0 unspecified atom stereocenters. The van der Waals surface area contributed by atoms with E-state index in [1.54, 1.807) is 0 Å². The van der Waals surface area contributed by atoms with Crippen molar-refractivity contribution >= 4 is 11.8 Å². The number of hydrogen-bond donors (Lipinski definition) is 4. The van der Waals surface area contributed by atoms with Crippen LogP contribution in [0.1, 0.15) is 51.4 Å². The molecule has 0 aliphatic rings. The Kier molecular flexibility index (Phi) is 13.5. The van der Waals surface area contributed by atoms with Gasteiger partial charge in [0.1, 0.15) is 0 Å². The van der Waals surface area contributed by atoms with Crippen LogP contribution in [0.2, 0.25) is 0 Å². The third kappa shape index (κ3) is 13.3. The van der Waals surface area contributed by atoms with Gasteiger partial charge in [-0.25, -0.2) is 0 Å². The van der Waals surface area contributed by atoms with Crippen LogP contribution in [-0.2, 0) is 9.59 Å². The first-order valence-electron chi connectivity index (χ1n) is 7.55. The second kappa shape index (κ2) is 14.3. The fourth-order valence-electron chi connectivity index (χ4n) is 1.73. The van der Waals surface area contributed by atoms with Crippen LogP contribution in [0.15, 0.2) is 0 Å². The summed E-state index contributed by atoms with van der Waals surface area (Å²) < 4.78 is 0. The first-order chi connectivity index (χ1) is 9.70. The van der Waals surface area contributed by atoms with Gasteiger partial charge in [0.25, 0.3) is 0 Å². The number of aliphatic hydroxyl groups is 1. The molecule has 5 N–H and O–H groups in total. The van der Waals surface area contributed by atoms with Crippen LogP contribution >= 0.6 is 0 Å². The molecule has 0 aliphatic heterocycles. The number of carbonyl (C=O) groups is 2. The Hall–Kier alpha value is -1.14. The Morgan fingerprint density at radius 2 is 1.35 bits per heavy atom. The first kappa shape index (κ1) is 18.9. The molecule has 0 heterocycles. The van der Waals surface area contributed by atoms with Crippen LogP contribution in [0.4, 0.5) is 0 Å². The van der Waals surface area contributed by atoms with Crippen LogP contribution in [0.5, 0.6) is 0 Å². The summed E-state index contributed by atoms with van der Waals surface area (Å²) in [5.74, 6) is -0.0165. The predicted molar refractivity (Wildman–Crippen MR) is 79.1 cm³/mol. The molecule has 20 heavy (non-hydrogen) atoms. The van der Waals surface area contributed by atoms with Crippen molar-refractivity contribution in [1.29, 1.82) is 0 Å².